The van der Waals surface area contributed by atoms with Gasteiger partial charge in [0, 0.05) is 52.1 Å². The molecule has 0 amide bonds. The third-order valence-electron chi connectivity index (χ3n) is 5.57. The van der Waals surface area contributed by atoms with Gasteiger partial charge >= 0.3 is 5.97 Å². The summed E-state index contributed by atoms with van der Waals surface area (Å²) in [6.45, 7) is 9.41. The topological polar surface area (TPSA) is 106 Å². The molecule has 4 N–H and O–H groups in total. The molecule has 0 aliphatic rings. The minimum absolute atomic E-state index is 0.0157. The molecule has 8 nitrogen and oxygen atoms in total. The largest absolute Gasteiger partial charge is 0.497 e. The van der Waals surface area contributed by atoms with Gasteiger partial charge in [0.1, 0.15) is 12.4 Å². The molecule has 0 fully saturated rings. The highest BCUT2D eigenvalue weighted by molar-refractivity contribution is 7.97. The summed E-state index contributed by atoms with van der Waals surface area (Å²) in [5, 5.41) is 14.3. The van der Waals surface area contributed by atoms with Gasteiger partial charge in [-0.25, -0.2) is 9.10 Å². The van der Waals surface area contributed by atoms with E-state index in [0.29, 0.717) is 25.5 Å². The van der Waals surface area contributed by atoms with Gasteiger partial charge in [-0.15, -0.1) is 0 Å². The van der Waals surface area contributed by atoms with Crippen LogP contribution in [-0.2, 0) is 27.0 Å². The van der Waals surface area contributed by atoms with E-state index in [1.807, 2.05) is 24.3 Å². The third kappa shape index (κ3) is 13.4. The Morgan fingerprint density at radius 2 is 1.79 bits per heavy atom. The molecule has 0 aliphatic heterocycles. The minimum atomic E-state index is -0.646. The van der Waals surface area contributed by atoms with Crippen molar-refractivity contribution in [1.29, 1.82) is 0 Å². The summed E-state index contributed by atoms with van der Waals surface area (Å²) >= 11 is 1.63. The summed E-state index contributed by atoms with van der Waals surface area (Å²) in [4.78, 5) is 12.3. The van der Waals surface area contributed by atoms with Crippen molar-refractivity contribution in [2.75, 3.05) is 46.1 Å². The van der Waals surface area contributed by atoms with Crippen molar-refractivity contribution in [2.45, 2.75) is 50.8 Å². The van der Waals surface area contributed by atoms with Crippen molar-refractivity contribution in [3.05, 3.63) is 59.7 Å². The molecule has 0 saturated heterocycles. The zero-order valence-electron chi connectivity index (χ0n) is 23.0. The minimum Gasteiger partial charge on any atom is -0.497 e. The maximum absolute atomic E-state index is 11.2. The quantitative estimate of drug-likeness (QED) is 0.101. The molecule has 3 atom stereocenters. The highest BCUT2D eigenvalue weighted by atomic mass is 32.2. The first-order valence-corrected chi connectivity index (χ1v) is 15.0. The molecule has 0 saturated carbocycles. The van der Waals surface area contributed by atoms with Crippen LogP contribution in [0.15, 0.2) is 53.4 Å². The Hall–Kier alpha value is -1.71. The van der Waals surface area contributed by atoms with E-state index in [-0.39, 0.29) is 27.4 Å². The molecule has 38 heavy (non-hydrogen) atoms. The van der Waals surface area contributed by atoms with Crippen molar-refractivity contribution in [3.63, 3.8) is 0 Å². The maximum atomic E-state index is 11.2. The van der Waals surface area contributed by atoms with Crippen LogP contribution >= 0.6 is 20.8 Å². The van der Waals surface area contributed by atoms with Crippen LogP contribution in [0.25, 0.3) is 0 Å². The van der Waals surface area contributed by atoms with Gasteiger partial charge in [-0.1, -0.05) is 38.1 Å². The molecule has 0 aromatic heterocycles. The highest BCUT2D eigenvalue weighted by Crippen LogP contribution is 2.26. The first-order valence-electron chi connectivity index (χ1n) is 13.1. The van der Waals surface area contributed by atoms with Gasteiger partial charge in [-0.05, 0) is 66.6 Å². The van der Waals surface area contributed by atoms with Crippen LogP contribution < -0.4 is 15.8 Å². The number of methoxy groups -OCH3 is 1. The second-order valence-electron chi connectivity index (χ2n) is 9.42. The van der Waals surface area contributed by atoms with Gasteiger partial charge in [-0.2, -0.15) is 0 Å². The van der Waals surface area contributed by atoms with E-state index in [4.69, 9.17) is 19.7 Å². The molecule has 2 aromatic carbocycles. The first-order chi connectivity index (χ1) is 18.3. The number of hydrogen-bond acceptors (Lipinski definition) is 9. The number of nitrogens with two attached hydrogens (primary N) is 1. The molecule has 212 valence electrons. The number of benzene rings is 2. The van der Waals surface area contributed by atoms with Gasteiger partial charge in [0.15, 0.2) is 0 Å². The van der Waals surface area contributed by atoms with Gasteiger partial charge in [0.25, 0.3) is 0 Å². The van der Waals surface area contributed by atoms with E-state index in [1.54, 1.807) is 26.0 Å². The number of carbonyl (C=O) groups excluding carboxylic acids is 1. The Balaban J connectivity index is 1.74. The fourth-order valence-corrected chi connectivity index (χ4v) is 5.44. The van der Waals surface area contributed by atoms with Crippen LogP contribution in [0.5, 0.6) is 5.75 Å². The molecular formula is C28H44N3O5PS. The van der Waals surface area contributed by atoms with Gasteiger partial charge < -0.3 is 30.2 Å². The molecular weight excluding hydrogens is 521 g/mol. The molecule has 0 spiro atoms. The summed E-state index contributed by atoms with van der Waals surface area (Å²) in [6.07, 6.45) is 0.804. The summed E-state index contributed by atoms with van der Waals surface area (Å²) in [5.41, 5.74) is 8.70. The first kappa shape index (κ1) is 32.5. The van der Waals surface area contributed by atoms with Gasteiger partial charge in [0.05, 0.1) is 19.8 Å². The number of nitrogens with zero attached hydrogens (tertiary/aromatic N) is 1. The number of ether oxygens (including phenoxy) is 2. The van der Waals surface area contributed by atoms with Crippen LogP contribution in [0.3, 0.4) is 0 Å². The van der Waals surface area contributed by atoms with Gasteiger partial charge in [-0.3, -0.25) is 0 Å². The van der Waals surface area contributed by atoms with Crippen LogP contribution in [0.4, 0.5) is 0 Å². The Labute approximate surface area is 234 Å². The SMILES string of the molecule is CCOC(=O)COPCCNCc1ccc(CC(N)C(O)CN(CC(C)C)Sc2ccc(OC)cc2)cc1. The predicted molar refractivity (Wildman–Crippen MR) is 157 cm³/mol. The normalized spacial score (nSPS) is 13.4. The van der Waals surface area contributed by atoms with E-state index in [0.717, 1.165) is 42.0 Å². The zero-order valence-corrected chi connectivity index (χ0v) is 24.8. The average Bonchev–Trinajstić information content (AvgIpc) is 2.89. The molecule has 0 radical (unpaired) electrons. The van der Waals surface area contributed by atoms with E-state index >= 15 is 0 Å². The van der Waals surface area contributed by atoms with Crippen molar-refractivity contribution in [1.82, 2.24) is 9.62 Å². The maximum Gasteiger partial charge on any atom is 0.332 e. The molecule has 0 heterocycles. The van der Waals surface area contributed by atoms with Crippen LogP contribution in [-0.4, -0.2) is 73.6 Å². The van der Waals surface area contributed by atoms with Crippen molar-refractivity contribution in [2.24, 2.45) is 11.7 Å². The number of carbonyl (C=O) groups is 1. The van der Waals surface area contributed by atoms with E-state index < -0.39 is 6.10 Å². The number of esters is 1. The molecule has 3 unspecified atom stereocenters. The fraction of sp³-hybridized carbons (Fsp3) is 0.536. The summed E-state index contributed by atoms with van der Waals surface area (Å²) in [6, 6.07) is 15.9. The third-order valence-corrected chi connectivity index (χ3v) is 7.41. The van der Waals surface area contributed by atoms with Crippen molar-refractivity contribution in [3.8, 4) is 5.75 Å². The lowest BCUT2D eigenvalue weighted by Gasteiger charge is -2.28. The van der Waals surface area contributed by atoms with Crippen LogP contribution in [0, 0.1) is 5.92 Å². The monoisotopic (exact) mass is 565 g/mol. The standard InChI is InChI=1S/C28H44N3O5PS/c1-5-35-28(33)20-36-37-15-14-30-17-23-8-6-22(7-9-23)16-26(29)27(32)19-31(18-21(2)3)38-25-12-10-24(34-4)11-13-25/h6-13,21,26-27,30,32,37H,5,14-20,29H2,1-4H3. The molecule has 10 heteroatoms. The Morgan fingerprint density at radius 3 is 2.42 bits per heavy atom. The number of rotatable bonds is 19. The zero-order chi connectivity index (χ0) is 27.8. The van der Waals surface area contributed by atoms with Crippen LogP contribution in [0.1, 0.15) is 31.9 Å². The lowest BCUT2D eigenvalue weighted by molar-refractivity contribution is -0.145. The van der Waals surface area contributed by atoms with E-state index in [2.05, 4.69) is 47.7 Å². The molecule has 2 aromatic rings. The summed E-state index contributed by atoms with van der Waals surface area (Å²) in [7, 11) is 1.92. The van der Waals surface area contributed by atoms with Gasteiger partial charge in [0.2, 0.25) is 0 Å². The van der Waals surface area contributed by atoms with Crippen molar-refractivity contribution >= 4 is 26.7 Å². The van der Waals surface area contributed by atoms with E-state index in [9.17, 15) is 9.90 Å². The Morgan fingerprint density at radius 1 is 1.11 bits per heavy atom. The smallest absolute Gasteiger partial charge is 0.332 e. The second-order valence-corrected chi connectivity index (χ2v) is 11.7. The predicted octanol–water partition coefficient (Wildman–Crippen LogP) is 3.85. The lowest BCUT2D eigenvalue weighted by Crippen LogP contribution is -2.43. The average molecular weight is 566 g/mol. The second kappa shape index (κ2) is 18.6. The number of aliphatic hydroxyl groups is 1. The highest BCUT2D eigenvalue weighted by Gasteiger charge is 2.21. The Bertz CT molecular complexity index is 918. The molecule has 2 rings (SSSR count). The number of nitrogens with one attached hydrogen (secondary N) is 1. The molecule has 0 aliphatic carbocycles. The van der Waals surface area contributed by atoms with Crippen LogP contribution in [0.2, 0.25) is 0 Å². The lowest BCUT2D eigenvalue weighted by atomic mass is 10.0. The number of aliphatic hydroxyl groups excluding tert-OH is 1. The van der Waals surface area contributed by atoms with Crippen molar-refractivity contribution < 1.29 is 23.9 Å². The summed E-state index contributed by atoms with van der Waals surface area (Å²) in [5.74, 6) is 0.968. The number of hydrogen-bond donors (Lipinski definition) is 3. The van der Waals surface area contributed by atoms with E-state index in [1.165, 1.54) is 5.56 Å². The summed E-state index contributed by atoms with van der Waals surface area (Å²) < 4.78 is 17.6. The fourth-order valence-electron chi connectivity index (χ4n) is 3.64. The molecule has 0 bridgehead atoms. The Kier molecular flexibility index (Phi) is 15.9.